The maximum absolute atomic E-state index is 15.0. The zero-order valence-electron chi connectivity index (χ0n) is 47.8. The smallest absolute Gasteiger partial charge is 0.331 e. The molecule has 1 fully saturated rings. The van der Waals surface area contributed by atoms with Gasteiger partial charge in [0.15, 0.2) is 24.2 Å². The van der Waals surface area contributed by atoms with Crippen molar-refractivity contribution < 1.29 is 77.9 Å². The van der Waals surface area contributed by atoms with E-state index in [1.54, 1.807) is 47.6 Å². The summed E-state index contributed by atoms with van der Waals surface area (Å²) in [5, 5.41) is 75.0. The number of cyclic esters (lactones) is 1. The molecule has 82 heavy (non-hydrogen) atoms. The van der Waals surface area contributed by atoms with Gasteiger partial charge < -0.3 is 95.5 Å². The van der Waals surface area contributed by atoms with Crippen molar-refractivity contribution in [2.24, 2.45) is 40.9 Å². The van der Waals surface area contributed by atoms with Gasteiger partial charge in [-0.25, -0.2) is 4.79 Å². The molecule has 21 N–H and O–H groups in total. The lowest BCUT2D eigenvalue weighted by Gasteiger charge is -2.33. The van der Waals surface area contributed by atoms with E-state index in [2.05, 4.69) is 42.5 Å². The Morgan fingerprint density at radius 2 is 1.24 bits per heavy atom. The highest BCUT2D eigenvalue weighted by atomic mass is 16.5. The summed E-state index contributed by atoms with van der Waals surface area (Å²) >= 11 is 0. The molecule has 0 radical (unpaired) electrons. The molecule has 1 heterocycles. The number of carbonyl (C=O) groups is 11. The number of nitrogens with one attached hydrogen (secondary N) is 11. The number of amides is 10. The molecule has 30 heteroatoms. The minimum atomic E-state index is -2.54. The molecule has 0 bridgehead atoms. The van der Waals surface area contributed by atoms with Crippen LogP contribution in [0.25, 0.3) is 0 Å². The monoisotopic (exact) mass is 1160 g/mol. The Morgan fingerprint density at radius 3 is 1.78 bits per heavy atom. The predicted octanol–water partition coefficient (Wildman–Crippen LogP) is -5.76. The third kappa shape index (κ3) is 22.4. The van der Waals surface area contributed by atoms with Gasteiger partial charge in [0.1, 0.15) is 42.3 Å². The molecule has 2 rings (SSSR count). The van der Waals surface area contributed by atoms with Crippen molar-refractivity contribution in [1.29, 1.82) is 5.41 Å². The summed E-state index contributed by atoms with van der Waals surface area (Å²) < 4.78 is 5.82. The van der Waals surface area contributed by atoms with Crippen LogP contribution in [0.5, 0.6) is 0 Å². The average molecular weight is 1160 g/mol. The van der Waals surface area contributed by atoms with Crippen molar-refractivity contribution in [3.8, 4) is 0 Å². The number of aliphatic hydroxyl groups is 4. The number of benzene rings is 1. The second-order valence-corrected chi connectivity index (χ2v) is 21.4. The van der Waals surface area contributed by atoms with Gasteiger partial charge in [0.2, 0.25) is 59.1 Å². The summed E-state index contributed by atoms with van der Waals surface area (Å²) in [5.74, 6) is -15.9. The molecule has 4 unspecified atom stereocenters. The van der Waals surface area contributed by atoms with Crippen LogP contribution < -0.4 is 70.4 Å². The topological polar surface area (TPSA) is 500 Å². The number of primary amides is 1. The molecule has 1 aromatic carbocycles. The quantitative estimate of drug-likeness (QED) is 0.0266. The van der Waals surface area contributed by atoms with Crippen LogP contribution in [0.3, 0.4) is 0 Å². The first kappa shape index (κ1) is 70.6. The normalized spacial score (nSPS) is 25.6. The van der Waals surface area contributed by atoms with Gasteiger partial charge in [-0.1, -0.05) is 92.1 Å². The molecular weight excluding hydrogens is 1080 g/mol. The van der Waals surface area contributed by atoms with Crippen LogP contribution in [0, 0.1) is 29.1 Å². The average Bonchev–Trinajstić information content (AvgIpc) is 3.40. The number of esters is 1. The molecule has 14 atom stereocenters. The van der Waals surface area contributed by atoms with Gasteiger partial charge in [0.25, 0.3) is 0 Å². The molecule has 1 saturated heterocycles. The van der Waals surface area contributed by atoms with Gasteiger partial charge in [0.05, 0.1) is 31.4 Å². The second-order valence-electron chi connectivity index (χ2n) is 21.4. The number of nitrogens with two attached hydrogens (primary N) is 3. The molecule has 0 spiro atoms. The maximum atomic E-state index is 15.0. The third-order valence-corrected chi connectivity index (χ3v) is 13.1. The van der Waals surface area contributed by atoms with E-state index in [1.165, 1.54) is 38.1 Å². The molecule has 30 nitrogen and oxygen atoms in total. The summed E-state index contributed by atoms with van der Waals surface area (Å²) in [6, 6.07) is -8.99. The molecule has 10 amide bonds. The van der Waals surface area contributed by atoms with Crippen LogP contribution in [0.15, 0.2) is 30.3 Å². The van der Waals surface area contributed by atoms with E-state index in [4.69, 9.17) is 27.3 Å². The zero-order valence-corrected chi connectivity index (χ0v) is 47.8. The van der Waals surface area contributed by atoms with Gasteiger partial charge in [-0.05, 0) is 61.8 Å². The first-order valence-electron chi connectivity index (χ1n) is 27.1. The standard InChI is InChI=1S/C52H86N14O16/c1-10-26(8)34-47(77)64-35(27(9)68)46(76)58-21-33(69)62-37(40(71)42(54)72)49(79)61-32(22-67)51(81)82-41(28-15-12-11-13-16-28)38(66-43(73)29(53)19-23(2)3)50(80)65-36(39(70)25(6)7)48(78)60-31(20-24(4)5)45(75)59-30(44(74)63-34)17-14-18-57-52(55)56/h11-13,15-16,23-27,29-32,34-41,67-68,70-71H,10,14,17-22,53H2,1-9H3,(H2,54,72)(H,58,76)(H,59,75)(H,60,78)(H,61,79)(H,62,69)(H,63,74)(H,64,77)(H,65,80)(H,66,73)(H4,55,56,57)/t26-,27-,29-,30+,31-,32-,34?,35?,36?,37?,38-,39+,40-,41+/m0/s1. The van der Waals surface area contributed by atoms with Crippen LogP contribution in [-0.4, -0.2) is 184 Å². The van der Waals surface area contributed by atoms with Crippen molar-refractivity contribution >= 4 is 71.0 Å². The second kappa shape index (κ2) is 34.0. The Kier molecular flexibility index (Phi) is 29.3. The van der Waals surface area contributed by atoms with E-state index in [9.17, 15) is 73.2 Å². The van der Waals surface area contributed by atoms with E-state index < -0.39 is 175 Å². The molecule has 0 saturated carbocycles. The number of ether oxygens (including phenoxy) is 1. The van der Waals surface area contributed by atoms with E-state index in [1.807, 2.05) is 10.6 Å². The van der Waals surface area contributed by atoms with Gasteiger partial charge in [0, 0.05) is 6.54 Å². The summed E-state index contributed by atoms with van der Waals surface area (Å²) in [6.07, 6.45) is -7.80. The number of rotatable bonds is 19. The van der Waals surface area contributed by atoms with E-state index in [0.29, 0.717) is 0 Å². The minimum absolute atomic E-state index is 0.0182. The summed E-state index contributed by atoms with van der Waals surface area (Å²) in [6.45, 7) is 12.0. The number of carbonyl (C=O) groups excluding carboxylic acids is 11. The fourth-order valence-corrected chi connectivity index (χ4v) is 8.30. The number of hydrogen-bond acceptors (Lipinski definition) is 18. The Balaban J connectivity index is 3.03. The lowest BCUT2D eigenvalue weighted by Crippen LogP contribution is -2.64. The molecule has 0 aliphatic carbocycles. The predicted molar refractivity (Wildman–Crippen MR) is 294 cm³/mol. The zero-order chi connectivity index (χ0) is 62.3. The molecule has 1 aliphatic rings. The van der Waals surface area contributed by atoms with Gasteiger partial charge in [-0.15, -0.1) is 0 Å². The van der Waals surface area contributed by atoms with E-state index in [-0.39, 0.29) is 56.0 Å². The first-order valence-corrected chi connectivity index (χ1v) is 27.1. The molecule has 0 aromatic heterocycles. The van der Waals surface area contributed by atoms with Crippen LogP contribution in [-0.2, 0) is 57.5 Å². The van der Waals surface area contributed by atoms with Crippen molar-refractivity contribution in [2.75, 3.05) is 19.7 Å². The molecule has 1 aliphatic heterocycles. The Morgan fingerprint density at radius 1 is 0.695 bits per heavy atom. The van der Waals surface area contributed by atoms with Gasteiger partial charge >= 0.3 is 5.97 Å². The fourth-order valence-electron chi connectivity index (χ4n) is 8.30. The number of guanidine groups is 1. The van der Waals surface area contributed by atoms with Crippen molar-refractivity contribution in [2.45, 2.75) is 173 Å². The Labute approximate surface area is 475 Å². The summed E-state index contributed by atoms with van der Waals surface area (Å²) in [7, 11) is 0. The Bertz CT molecular complexity index is 2380. The lowest BCUT2D eigenvalue weighted by atomic mass is 9.95. The van der Waals surface area contributed by atoms with Crippen LogP contribution >= 0.6 is 0 Å². The molecular formula is C52H86N14O16. The highest BCUT2D eigenvalue weighted by Crippen LogP contribution is 2.24. The van der Waals surface area contributed by atoms with Gasteiger partial charge in [-0.2, -0.15) is 0 Å². The van der Waals surface area contributed by atoms with Crippen molar-refractivity contribution in [3.63, 3.8) is 0 Å². The van der Waals surface area contributed by atoms with Gasteiger partial charge in [-0.3, -0.25) is 53.4 Å². The van der Waals surface area contributed by atoms with E-state index >= 15 is 0 Å². The minimum Gasteiger partial charge on any atom is -0.453 e. The third-order valence-electron chi connectivity index (χ3n) is 13.1. The van der Waals surface area contributed by atoms with Crippen LogP contribution in [0.1, 0.15) is 106 Å². The molecule has 460 valence electrons. The fraction of sp³-hybridized carbons (Fsp3) is 0.654. The summed E-state index contributed by atoms with van der Waals surface area (Å²) in [4.78, 5) is 154. The Hall–Kier alpha value is -7.54. The number of aliphatic hydroxyl groups excluding tert-OH is 4. The molecule has 1 aromatic rings. The lowest BCUT2D eigenvalue weighted by molar-refractivity contribution is -0.159. The highest BCUT2D eigenvalue weighted by Gasteiger charge is 2.43. The largest absolute Gasteiger partial charge is 0.453 e. The van der Waals surface area contributed by atoms with Crippen LogP contribution in [0.2, 0.25) is 0 Å². The van der Waals surface area contributed by atoms with Crippen LogP contribution in [0.4, 0.5) is 0 Å². The van der Waals surface area contributed by atoms with Crippen molar-refractivity contribution in [3.05, 3.63) is 35.9 Å². The highest BCUT2D eigenvalue weighted by molar-refractivity contribution is 6.00. The van der Waals surface area contributed by atoms with Crippen molar-refractivity contribution in [1.82, 2.24) is 53.2 Å². The maximum Gasteiger partial charge on any atom is 0.331 e. The SMILES string of the molecule is CC[C@H](C)C1NC(=O)[C@@H](CCCNC(=N)N)NC(=O)[C@H](CC(C)C)NC(=O)C([C@H](O)C(C)C)NC(=O)[C@@H](NC(=O)[C@@H](N)CC(C)C)[C@@H](c2ccccc2)OC(=O)[C@H](CO)NC(=O)C([C@H](O)C(N)=O)NC(=O)CNC(=O)C([C@H](C)O)NC1=O. The van der Waals surface area contributed by atoms with E-state index in [0.717, 1.165) is 6.92 Å². The number of hydrogen-bond donors (Lipinski definition) is 18. The first-order chi connectivity index (χ1) is 38.3. The summed E-state index contributed by atoms with van der Waals surface area (Å²) in [5.41, 5.74) is 17.0.